The lowest BCUT2D eigenvalue weighted by Crippen LogP contribution is -2.22. The Bertz CT molecular complexity index is 531. The number of benzene rings is 1. The Morgan fingerprint density at radius 3 is 1.93 bits per heavy atom. The van der Waals surface area contributed by atoms with Crippen LogP contribution in [-0.4, -0.2) is 13.1 Å². The number of rotatable bonds is 16. The molecule has 0 aliphatic carbocycles. The molecule has 0 bridgehead atoms. The van der Waals surface area contributed by atoms with Crippen molar-refractivity contribution in [2.24, 2.45) is 17.8 Å². The number of likely N-dealkylation sites (N-methyl/N-ethyl adjacent to an activating group) is 1. The van der Waals surface area contributed by atoms with Crippen LogP contribution in [0.3, 0.4) is 0 Å². The van der Waals surface area contributed by atoms with Crippen molar-refractivity contribution in [3.05, 3.63) is 42.0 Å². The van der Waals surface area contributed by atoms with Gasteiger partial charge in [0.1, 0.15) is 0 Å². The second-order valence-electron chi connectivity index (χ2n) is 9.78. The number of hydrogen-bond acceptors (Lipinski definition) is 1. The Hall–Kier alpha value is -1.24. The van der Waals surface area contributed by atoms with Gasteiger partial charge in [-0.25, -0.2) is 0 Å². The summed E-state index contributed by atoms with van der Waals surface area (Å²) in [7, 11) is 0. The van der Waals surface area contributed by atoms with Crippen LogP contribution < -0.4 is 4.90 Å². The van der Waals surface area contributed by atoms with Crippen LogP contribution in [0.4, 0.5) is 5.69 Å². The normalized spacial score (nSPS) is 14.2. The number of para-hydroxylation sites is 1. The zero-order chi connectivity index (χ0) is 21.5. The van der Waals surface area contributed by atoms with Crippen molar-refractivity contribution in [1.82, 2.24) is 0 Å². The summed E-state index contributed by atoms with van der Waals surface area (Å²) in [6.45, 7) is 16.2. The average Bonchev–Trinajstić information content (AvgIpc) is 2.69. The maximum atomic E-state index is 2.46. The lowest BCUT2D eigenvalue weighted by atomic mass is 9.91. The highest BCUT2D eigenvalue weighted by atomic mass is 15.1. The Balaban J connectivity index is 2.16. The van der Waals surface area contributed by atoms with Crippen LogP contribution in [0.1, 0.15) is 99.3 Å². The highest BCUT2D eigenvalue weighted by Gasteiger charge is 2.07. The molecule has 0 aliphatic heterocycles. The minimum absolute atomic E-state index is 0.864. The molecular formula is C28H49N. The maximum Gasteiger partial charge on any atom is 0.0368 e. The summed E-state index contributed by atoms with van der Waals surface area (Å²) in [5.41, 5.74) is 2.87. The summed E-state index contributed by atoms with van der Waals surface area (Å²) < 4.78 is 0. The summed E-state index contributed by atoms with van der Waals surface area (Å²) >= 11 is 0. The van der Waals surface area contributed by atoms with E-state index in [0.717, 1.165) is 30.8 Å². The minimum atomic E-state index is 0.864. The van der Waals surface area contributed by atoms with E-state index in [1.54, 1.807) is 5.57 Å². The molecule has 0 fully saturated rings. The molecule has 0 radical (unpaired) electrons. The molecule has 29 heavy (non-hydrogen) atoms. The molecule has 1 rings (SSSR count). The molecule has 166 valence electrons. The van der Waals surface area contributed by atoms with E-state index in [0.29, 0.717) is 0 Å². The van der Waals surface area contributed by atoms with Crippen molar-refractivity contribution < 1.29 is 0 Å². The molecule has 1 aromatic carbocycles. The molecule has 2 atom stereocenters. The summed E-state index contributed by atoms with van der Waals surface area (Å²) in [5, 5.41) is 0. The zero-order valence-corrected chi connectivity index (χ0v) is 20.4. The van der Waals surface area contributed by atoms with Gasteiger partial charge in [-0.1, -0.05) is 102 Å². The van der Waals surface area contributed by atoms with Crippen molar-refractivity contribution >= 4 is 5.69 Å². The molecule has 0 N–H and O–H groups in total. The SMILES string of the molecule is CCN(CC=C(C)CCCC(C)CCCC(C)CCCC(C)C)c1ccccc1. The third-order valence-electron chi connectivity index (χ3n) is 6.30. The van der Waals surface area contributed by atoms with Crippen LogP contribution in [0, 0.1) is 17.8 Å². The van der Waals surface area contributed by atoms with Gasteiger partial charge < -0.3 is 4.90 Å². The van der Waals surface area contributed by atoms with Gasteiger partial charge in [0.05, 0.1) is 0 Å². The highest BCUT2D eigenvalue weighted by Crippen LogP contribution is 2.22. The first-order valence-corrected chi connectivity index (χ1v) is 12.4. The average molecular weight is 400 g/mol. The van der Waals surface area contributed by atoms with E-state index >= 15 is 0 Å². The van der Waals surface area contributed by atoms with Crippen LogP contribution in [0.5, 0.6) is 0 Å². The van der Waals surface area contributed by atoms with Crippen LogP contribution in [0.2, 0.25) is 0 Å². The standard InChI is InChI=1S/C28H49N/c1-7-29(28-20-9-8-10-21-28)23-22-27(6)19-13-18-26(5)17-12-16-25(4)15-11-14-24(2)3/h8-10,20-22,24-26H,7,11-19,23H2,1-6H3. The van der Waals surface area contributed by atoms with Gasteiger partial charge >= 0.3 is 0 Å². The molecule has 1 heteroatoms. The minimum Gasteiger partial charge on any atom is -0.368 e. The number of allylic oxidation sites excluding steroid dienone is 1. The van der Waals surface area contributed by atoms with E-state index in [2.05, 4.69) is 82.9 Å². The fourth-order valence-corrected chi connectivity index (χ4v) is 4.13. The third-order valence-corrected chi connectivity index (χ3v) is 6.30. The molecule has 1 aromatic rings. The lowest BCUT2D eigenvalue weighted by Gasteiger charge is -2.21. The van der Waals surface area contributed by atoms with Gasteiger partial charge in [-0.15, -0.1) is 0 Å². The summed E-state index contributed by atoms with van der Waals surface area (Å²) in [5.74, 6) is 2.66. The molecule has 0 aromatic heterocycles. The van der Waals surface area contributed by atoms with Crippen molar-refractivity contribution in [3.63, 3.8) is 0 Å². The van der Waals surface area contributed by atoms with Gasteiger partial charge in [-0.2, -0.15) is 0 Å². The molecule has 0 saturated carbocycles. The van der Waals surface area contributed by atoms with E-state index in [1.165, 1.54) is 63.5 Å². The van der Waals surface area contributed by atoms with E-state index in [1.807, 2.05) is 0 Å². The Morgan fingerprint density at radius 1 is 0.828 bits per heavy atom. The number of anilines is 1. The predicted molar refractivity (Wildman–Crippen MR) is 133 cm³/mol. The molecular weight excluding hydrogens is 350 g/mol. The summed E-state index contributed by atoms with van der Waals surface area (Å²) in [4.78, 5) is 2.44. The van der Waals surface area contributed by atoms with Gasteiger partial charge in [0, 0.05) is 18.8 Å². The fourth-order valence-electron chi connectivity index (χ4n) is 4.13. The summed E-state index contributed by atoms with van der Waals surface area (Å²) in [6, 6.07) is 10.8. The zero-order valence-electron chi connectivity index (χ0n) is 20.4. The first kappa shape index (κ1) is 25.8. The first-order chi connectivity index (χ1) is 13.9. The summed E-state index contributed by atoms with van der Waals surface area (Å²) in [6.07, 6.45) is 14.9. The molecule has 0 saturated heterocycles. The van der Waals surface area contributed by atoms with Gasteiger partial charge in [0.25, 0.3) is 0 Å². The second-order valence-corrected chi connectivity index (χ2v) is 9.78. The van der Waals surface area contributed by atoms with E-state index in [-0.39, 0.29) is 0 Å². The second kappa shape index (κ2) is 15.6. The van der Waals surface area contributed by atoms with Gasteiger partial charge in [0.15, 0.2) is 0 Å². The van der Waals surface area contributed by atoms with Crippen LogP contribution in [0.15, 0.2) is 42.0 Å². The number of nitrogens with zero attached hydrogens (tertiary/aromatic N) is 1. The van der Waals surface area contributed by atoms with Crippen molar-refractivity contribution in [2.75, 3.05) is 18.0 Å². The Labute approximate surface area is 183 Å². The molecule has 0 aliphatic rings. The van der Waals surface area contributed by atoms with Crippen molar-refractivity contribution in [3.8, 4) is 0 Å². The van der Waals surface area contributed by atoms with E-state index < -0.39 is 0 Å². The molecule has 0 heterocycles. The largest absolute Gasteiger partial charge is 0.368 e. The molecule has 0 amide bonds. The van der Waals surface area contributed by atoms with Crippen molar-refractivity contribution in [1.29, 1.82) is 0 Å². The molecule has 0 spiro atoms. The van der Waals surface area contributed by atoms with Crippen LogP contribution in [-0.2, 0) is 0 Å². The Morgan fingerprint density at radius 2 is 1.38 bits per heavy atom. The van der Waals surface area contributed by atoms with Crippen LogP contribution >= 0.6 is 0 Å². The van der Waals surface area contributed by atoms with Crippen molar-refractivity contribution in [2.45, 2.75) is 99.3 Å². The first-order valence-electron chi connectivity index (χ1n) is 12.4. The van der Waals surface area contributed by atoms with Gasteiger partial charge in [-0.05, 0) is 56.6 Å². The van der Waals surface area contributed by atoms with E-state index in [9.17, 15) is 0 Å². The van der Waals surface area contributed by atoms with Gasteiger partial charge in [0.2, 0.25) is 0 Å². The predicted octanol–water partition coefficient (Wildman–Crippen LogP) is 8.90. The topological polar surface area (TPSA) is 3.24 Å². The lowest BCUT2D eigenvalue weighted by molar-refractivity contribution is 0.389. The fraction of sp³-hybridized carbons (Fsp3) is 0.714. The number of hydrogen-bond donors (Lipinski definition) is 0. The maximum absolute atomic E-state index is 2.46. The smallest absolute Gasteiger partial charge is 0.0368 e. The van der Waals surface area contributed by atoms with E-state index in [4.69, 9.17) is 0 Å². The molecule has 2 unspecified atom stereocenters. The third kappa shape index (κ3) is 12.8. The Kier molecular flexibility index (Phi) is 13.9. The van der Waals surface area contributed by atoms with Crippen LogP contribution in [0.25, 0.3) is 0 Å². The quantitative estimate of drug-likeness (QED) is 0.251. The monoisotopic (exact) mass is 399 g/mol. The molecule has 1 nitrogen and oxygen atoms in total. The highest BCUT2D eigenvalue weighted by molar-refractivity contribution is 5.46. The van der Waals surface area contributed by atoms with Gasteiger partial charge in [-0.3, -0.25) is 0 Å².